The Morgan fingerprint density at radius 3 is 2.42 bits per heavy atom. The molecule has 7 rings (SSSR count). The SMILES string of the molecule is O=C(CN1CC[C@@](O)(C(=O)Nc2ccc3[nH]nc(-c4ccc(F)cc4)c3c2)C1)N1CCN(c2ccc(-c3ncccn3)c(F)c2F)CC1. The maximum atomic E-state index is 15.1. The van der Waals surface area contributed by atoms with Gasteiger partial charge in [0.1, 0.15) is 5.82 Å². The number of carbonyl (C=O) groups excluding carboxylic acids is 2. The second-order valence-electron chi connectivity index (χ2n) is 12.0. The summed E-state index contributed by atoms with van der Waals surface area (Å²) in [5.74, 6) is -3.05. The number of fused-ring (bicyclic) bond motifs is 1. The van der Waals surface area contributed by atoms with Crippen LogP contribution in [0.15, 0.2) is 73.1 Å². The quantitative estimate of drug-likeness (QED) is 0.241. The lowest BCUT2D eigenvalue weighted by Gasteiger charge is -2.37. The molecule has 2 aliphatic heterocycles. The Bertz CT molecular complexity index is 1980. The van der Waals surface area contributed by atoms with Crippen LogP contribution in [-0.4, -0.2) is 98.3 Å². The molecule has 5 aromatic rings. The minimum atomic E-state index is -1.71. The summed E-state index contributed by atoms with van der Waals surface area (Å²) >= 11 is 0. The van der Waals surface area contributed by atoms with Gasteiger partial charge in [0.15, 0.2) is 23.1 Å². The zero-order valence-corrected chi connectivity index (χ0v) is 25.7. The van der Waals surface area contributed by atoms with E-state index >= 15 is 4.39 Å². The number of aromatic amines is 1. The van der Waals surface area contributed by atoms with Crippen molar-refractivity contribution in [1.29, 1.82) is 0 Å². The monoisotopic (exact) mass is 656 g/mol. The van der Waals surface area contributed by atoms with Gasteiger partial charge < -0.3 is 20.2 Å². The predicted octanol–water partition coefficient (Wildman–Crippen LogP) is 3.83. The number of nitrogens with one attached hydrogen (secondary N) is 2. The van der Waals surface area contributed by atoms with Gasteiger partial charge in [-0.15, -0.1) is 0 Å². The number of aliphatic hydroxyl groups is 1. The van der Waals surface area contributed by atoms with Gasteiger partial charge in [-0.2, -0.15) is 5.10 Å². The van der Waals surface area contributed by atoms with E-state index in [1.54, 1.807) is 51.1 Å². The molecule has 14 heteroatoms. The molecular weight excluding hydrogens is 625 g/mol. The van der Waals surface area contributed by atoms with Crippen molar-refractivity contribution in [2.24, 2.45) is 0 Å². The average molecular weight is 657 g/mol. The number of carbonyl (C=O) groups is 2. The Labute approximate surface area is 273 Å². The summed E-state index contributed by atoms with van der Waals surface area (Å²) in [6, 6.07) is 15.7. The van der Waals surface area contributed by atoms with Gasteiger partial charge in [-0.3, -0.25) is 19.6 Å². The van der Waals surface area contributed by atoms with E-state index in [2.05, 4.69) is 25.5 Å². The number of β-amino-alcohol motifs (C(OH)–C–C–N with tert-alkyl or cyclic N) is 1. The van der Waals surface area contributed by atoms with Gasteiger partial charge >= 0.3 is 0 Å². The smallest absolute Gasteiger partial charge is 0.257 e. The summed E-state index contributed by atoms with van der Waals surface area (Å²) < 4.78 is 43.4. The van der Waals surface area contributed by atoms with Crippen molar-refractivity contribution < 1.29 is 27.9 Å². The summed E-state index contributed by atoms with van der Waals surface area (Å²) in [5, 5.41) is 22.0. The third-order valence-corrected chi connectivity index (χ3v) is 8.89. The molecule has 48 heavy (non-hydrogen) atoms. The van der Waals surface area contributed by atoms with E-state index in [9.17, 15) is 23.5 Å². The summed E-state index contributed by atoms with van der Waals surface area (Å²) in [5.41, 5.74) is 0.857. The van der Waals surface area contributed by atoms with Crippen LogP contribution in [0.1, 0.15) is 6.42 Å². The molecule has 2 amide bonds. The molecule has 0 aliphatic carbocycles. The number of benzene rings is 3. The number of anilines is 2. The Balaban J connectivity index is 0.938. The molecule has 0 saturated carbocycles. The highest BCUT2D eigenvalue weighted by Crippen LogP contribution is 2.31. The van der Waals surface area contributed by atoms with Gasteiger partial charge in [0.25, 0.3) is 5.91 Å². The van der Waals surface area contributed by atoms with Crippen LogP contribution in [0, 0.1) is 17.5 Å². The van der Waals surface area contributed by atoms with Gasteiger partial charge in [-0.1, -0.05) is 0 Å². The number of aromatic nitrogens is 4. The van der Waals surface area contributed by atoms with Crippen molar-refractivity contribution in [2.45, 2.75) is 12.0 Å². The van der Waals surface area contributed by atoms with Crippen LogP contribution in [0.3, 0.4) is 0 Å². The van der Waals surface area contributed by atoms with Crippen LogP contribution in [0.2, 0.25) is 0 Å². The highest BCUT2D eigenvalue weighted by atomic mass is 19.2. The maximum Gasteiger partial charge on any atom is 0.257 e. The fraction of sp³-hybridized carbons (Fsp3) is 0.265. The van der Waals surface area contributed by atoms with Gasteiger partial charge in [0.05, 0.1) is 29.0 Å². The largest absolute Gasteiger partial charge is 0.379 e. The average Bonchev–Trinajstić information content (AvgIpc) is 3.70. The molecule has 246 valence electrons. The first kappa shape index (κ1) is 31.3. The Morgan fingerprint density at radius 2 is 1.67 bits per heavy atom. The van der Waals surface area contributed by atoms with Crippen LogP contribution in [0.4, 0.5) is 24.5 Å². The third kappa shape index (κ3) is 6.07. The van der Waals surface area contributed by atoms with Gasteiger partial charge in [-0.25, -0.2) is 23.1 Å². The number of hydrogen-bond acceptors (Lipinski definition) is 8. The second-order valence-corrected chi connectivity index (χ2v) is 12.0. The number of H-pyrrole nitrogens is 1. The molecule has 0 spiro atoms. The molecule has 0 bridgehead atoms. The number of amides is 2. The lowest BCUT2D eigenvalue weighted by molar-refractivity contribution is -0.135. The Kier molecular flexibility index (Phi) is 8.27. The highest BCUT2D eigenvalue weighted by molar-refractivity contribution is 6.01. The molecule has 11 nitrogen and oxygen atoms in total. The summed E-state index contributed by atoms with van der Waals surface area (Å²) in [7, 11) is 0. The highest BCUT2D eigenvalue weighted by Gasteiger charge is 2.43. The number of rotatable bonds is 7. The van der Waals surface area contributed by atoms with Crippen LogP contribution in [-0.2, 0) is 9.59 Å². The van der Waals surface area contributed by atoms with Crippen LogP contribution in [0.25, 0.3) is 33.5 Å². The lowest BCUT2D eigenvalue weighted by Crippen LogP contribution is -2.52. The van der Waals surface area contributed by atoms with Crippen molar-refractivity contribution in [2.75, 3.05) is 56.0 Å². The Hall–Kier alpha value is -5.34. The van der Waals surface area contributed by atoms with Crippen LogP contribution in [0.5, 0.6) is 0 Å². The molecule has 3 aromatic carbocycles. The van der Waals surface area contributed by atoms with E-state index in [1.807, 2.05) is 0 Å². The first-order valence-corrected chi connectivity index (χ1v) is 15.5. The van der Waals surface area contributed by atoms with Crippen molar-refractivity contribution in [3.8, 4) is 22.6 Å². The second kappa shape index (κ2) is 12.7. The van der Waals surface area contributed by atoms with Gasteiger partial charge in [0, 0.05) is 68.3 Å². The van der Waals surface area contributed by atoms with Crippen molar-refractivity contribution in [3.05, 3.63) is 90.5 Å². The summed E-state index contributed by atoms with van der Waals surface area (Å²) in [4.78, 5) is 39.5. The summed E-state index contributed by atoms with van der Waals surface area (Å²) in [6.45, 7) is 1.54. The van der Waals surface area contributed by atoms with Crippen molar-refractivity contribution >= 4 is 34.1 Å². The van der Waals surface area contributed by atoms with Gasteiger partial charge in [-0.05, 0) is 67.1 Å². The summed E-state index contributed by atoms with van der Waals surface area (Å²) in [6.07, 6.45) is 3.06. The van der Waals surface area contributed by atoms with E-state index < -0.39 is 23.1 Å². The van der Waals surface area contributed by atoms with Crippen molar-refractivity contribution in [3.63, 3.8) is 0 Å². The molecule has 2 fully saturated rings. The number of hydrogen-bond donors (Lipinski definition) is 3. The molecule has 1 atom stereocenters. The topological polar surface area (TPSA) is 131 Å². The zero-order valence-electron chi connectivity index (χ0n) is 25.7. The molecular formula is C34H31F3N8O3. The Morgan fingerprint density at radius 1 is 0.917 bits per heavy atom. The van der Waals surface area contributed by atoms with Crippen molar-refractivity contribution in [1.82, 2.24) is 30.0 Å². The first-order chi connectivity index (χ1) is 23.2. The molecule has 4 heterocycles. The van der Waals surface area contributed by atoms with E-state index in [1.165, 1.54) is 36.7 Å². The fourth-order valence-electron chi connectivity index (χ4n) is 6.24. The standard InChI is InChI=1S/C34H31F3N8O3/c35-22-4-2-21(3-5-22)31-25-18-23(6-8-26(25)41-42-31)40-33(47)34(48)10-13-43(20-34)19-28(46)45-16-14-44(15-17-45)27-9-7-24(29(36)30(27)37)32-38-11-1-12-39-32/h1-9,11-12,18,48H,10,13-17,19-20H2,(H,40,47)(H,41,42)/t34-/m0/s1. The number of likely N-dealkylation sites (tertiary alicyclic amines) is 1. The van der Waals surface area contributed by atoms with E-state index in [4.69, 9.17) is 0 Å². The fourth-order valence-corrected chi connectivity index (χ4v) is 6.24. The van der Waals surface area contributed by atoms with Crippen LogP contribution < -0.4 is 10.2 Å². The molecule has 2 aliphatic rings. The minimum Gasteiger partial charge on any atom is -0.379 e. The third-order valence-electron chi connectivity index (χ3n) is 8.89. The normalized spacial score (nSPS) is 18.4. The molecule has 3 N–H and O–H groups in total. The molecule has 2 saturated heterocycles. The van der Waals surface area contributed by atoms with E-state index in [0.717, 1.165) is 10.9 Å². The number of halogens is 3. The lowest BCUT2D eigenvalue weighted by atomic mass is 10.0. The molecule has 0 unspecified atom stereocenters. The predicted molar refractivity (Wildman–Crippen MR) is 172 cm³/mol. The number of nitrogens with zero attached hydrogens (tertiary/aromatic N) is 6. The molecule has 0 radical (unpaired) electrons. The van der Waals surface area contributed by atoms with Gasteiger partial charge in [0.2, 0.25) is 5.91 Å². The molecule has 2 aromatic heterocycles. The zero-order chi connectivity index (χ0) is 33.4. The first-order valence-electron chi connectivity index (χ1n) is 15.5. The maximum absolute atomic E-state index is 15.1. The van der Waals surface area contributed by atoms with E-state index in [0.29, 0.717) is 49.7 Å². The van der Waals surface area contributed by atoms with E-state index in [-0.39, 0.29) is 48.3 Å². The number of piperazine rings is 1. The van der Waals surface area contributed by atoms with Crippen LogP contribution >= 0.6 is 0 Å². The minimum absolute atomic E-state index is 0.00631.